The van der Waals surface area contributed by atoms with Gasteiger partial charge in [-0.15, -0.1) is 0 Å². The number of halogens is 2. The van der Waals surface area contributed by atoms with E-state index in [0.29, 0.717) is 28.3 Å². The average molecular weight is 337 g/mol. The van der Waals surface area contributed by atoms with E-state index in [4.69, 9.17) is 21.6 Å². The minimum atomic E-state index is 0.327. The lowest BCUT2D eigenvalue weighted by Crippen LogP contribution is -2.00. The van der Waals surface area contributed by atoms with E-state index in [1.54, 1.807) is 12.1 Å². The summed E-state index contributed by atoms with van der Waals surface area (Å²) in [5.74, 6) is 0.661. The lowest BCUT2D eigenvalue weighted by Gasteiger charge is -2.12. The molecule has 4 heteroatoms. The lowest BCUT2D eigenvalue weighted by atomic mass is 10.1. The van der Waals surface area contributed by atoms with E-state index in [2.05, 4.69) is 22.0 Å². The van der Waals surface area contributed by atoms with E-state index in [-0.39, 0.29) is 0 Å². The van der Waals surface area contributed by atoms with Crippen LogP contribution in [0.1, 0.15) is 16.7 Å². The maximum Gasteiger partial charge on any atom is 0.142 e. The summed E-state index contributed by atoms with van der Waals surface area (Å²) in [6.45, 7) is 0.327. The van der Waals surface area contributed by atoms with Crippen LogP contribution in [0.5, 0.6) is 5.75 Å². The Bertz CT molecular complexity index is 622. The smallest absolute Gasteiger partial charge is 0.142 e. The summed E-state index contributed by atoms with van der Waals surface area (Å²) in [5.41, 5.74) is 2.46. The van der Waals surface area contributed by atoms with Crippen LogP contribution < -0.4 is 4.74 Å². The van der Waals surface area contributed by atoms with Gasteiger partial charge in [0.2, 0.25) is 0 Å². The van der Waals surface area contributed by atoms with Gasteiger partial charge in [-0.05, 0) is 12.1 Å². The van der Waals surface area contributed by atoms with Gasteiger partial charge < -0.3 is 4.74 Å². The van der Waals surface area contributed by atoms with Gasteiger partial charge in [0.05, 0.1) is 16.7 Å². The first-order valence-corrected chi connectivity index (χ1v) is 7.20. The van der Waals surface area contributed by atoms with Gasteiger partial charge in [-0.25, -0.2) is 0 Å². The molecule has 0 saturated heterocycles. The van der Waals surface area contributed by atoms with E-state index < -0.39 is 0 Å². The molecule has 0 radical (unpaired) electrons. The van der Waals surface area contributed by atoms with Crippen LogP contribution in [-0.4, -0.2) is 0 Å². The van der Waals surface area contributed by atoms with E-state index in [1.807, 2.05) is 30.3 Å². The SMILES string of the molecule is N#Cc1ccccc1COc1c(Cl)cccc1CBr. The fourth-order valence-electron chi connectivity index (χ4n) is 1.73. The summed E-state index contributed by atoms with van der Waals surface area (Å²) >= 11 is 9.54. The molecule has 0 aliphatic carbocycles. The first-order chi connectivity index (χ1) is 9.26. The van der Waals surface area contributed by atoms with Crippen molar-refractivity contribution in [2.24, 2.45) is 0 Å². The number of ether oxygens (including phenoxy) is 1. The molecule has 19 heavy (non-hydrogen) atoms. The Kier molecular flexibility index (Phi) is 4.84. The second-order valence-electron chi connectivity index (χ2n) is 3.92. The van der Waals surface area contributed by atoms with Gasteiger partial charge in [0.1, 0.15) is 12.4 Å². The molecule has 96 valence electrons. The Balaban J connectivity index is 2.22. The summed E-state index contributed by atoms with van der Waals surface area (Å²) in [7, 11) is 0. The molecule has 0 aliphatic heterocycles. The highest BCUT2D eigenvalue weighted by molar-refractivity contribution is 9.08. The molecule has 0 saturated carbocycles. The Morgan fingerprint density at radius 2 is 1.84 bits per heavy atom. The fourth-order valence-corrected chi connectivity index (χ4v) is 2.42. The van der Waals surface area contributed by atoms with Crippen LogP contribution in [-0.2, 0) is 11.9 Å². The number of alkyl halides is 1. The van der Waals surface area contributed by atoms with Crippen molar-refractivity contribution < 1.29 is 4.74 Å². The summed E-state index contributed by atoms with van der Waals surface area (Å²) in [5, 5.41) is 10.3. The van der Waals surface area contributed by atoms with Crippen LogP contribution in [0.4, 0.5) is 0 Å². The van der Waals surface area contributed by atoms with E-state index >= 15 is 0 Å². The van der Waals surface area contributed by atoms with Gasteiger partial charge in [0, 0.05) is 16.5 Å². The molecule has 0 heterocycles. The third-order valence-electron chi connectivity index (χ3n) is 2.70. The van der Waals surface area contributed by atoms with Gasteiger partial charge in [-0.3, -0.25) is 0 Å². The van der Waals surface area contributed by atoms with E-state index in [1.165, 1.54) is 0 Å². The first-order valence-electron chi connectivity index (χ1n) is 5.70. The number of hydrogen-bond acceptors (Lipinski definition) is 2. The highest BCUT2D eigenvalue weighted by atomic mass is 79.9. The number of nitrogens with zero attached hydrogens (tertiary/aromatic N) is 1. The second-order valence-corrected chi connectivity index (χ2v) is 4.89. The Morgan fingerprint density at radius 3 is 2.58 bits per heavy atom. The molecule has 0 bridgehead atoms. The van der Waals surface area contributed by atoms with Crippen molar-refractivity contribution in [2.75, 3.05) is 0 Å². The largest absolute Gasteiger partial charge is 0.487 e. The van der Waals surface area contributed by atoms with Crippen molar-refractivity contribution in [3.8, 4) is 11.8 Å². The topological polar surface area (TPSA) is 33.0 Å². The molecule has 0 aliphatic rings. The molecule has 2 rings (SSSR count). The lowest BCUT2D eigenvalue weighted by molar-refractivity contribution is 0.304. The van der Waals surface area contributed by atoms with E-state index in [0.717, 1.165) is 11.1 Å². The molecular weight excluding hydrogens is 326 g/mol. The van der Waals surface area contributed by atoms with Crippen molar-refractivity contribution in [1.29, 1.82) is 5.26 Å². The van der Waals surface area contributed by atoms with Crippen molar-refractivity contribution in [1.82, 2.24) is 0 Å². The highest BCUT2D eigenvalue weighted by Crippen LogP contribution is 2.31. The summed E-state index contributed by atoms with van der Waals surface area (Å²) in [6, 6.07) is 15.2. The Hall–Kier alpha value is -1.50. The summed E-state index contributed by atoms with van der Waals surface area (Å²) in [4.78, 5) is 0. The molecule has 0 fully saturated rings. The molecule has 0 aromatic heterocycles. The molecule has 0 spiro atoms. The van der Waals surface area contributed by atoms with Gasteiger partial charge in [0.25, 0.3) is 0 Å². The average Bonchev–Trinajstić information content (AvgIpc) is 2.46. The van der Waals surface area contributed by atoms with Crippen LogP contribution in [0.2, 0.25) is 5.02 Å². The van der Waals surface area contributed by atoms with Gasteiger partial charge >= 0.3 is 0 Å². The van der Waals surface area contributed by atoms with Crippen molar-refractivity contribution in [3.05, 3.63) is 64.2 Å². The first kappa shape index (κ1) is 13.9. The van der Waals surface area contributed by atoms with Crippen LogP contribution in [0.15, 0.2) is 42.5 Å². The van der Waals surface area contributed by atoms with Gasteiger partial charge in [-0.1, -0.05) is 57.9 Å². The molecule has 0 N–H and O–H groups in total. The number of hydrogen-bond donors (Lipinski definition) is 0. The molecule has 2 aromatic carbocycles. The van der Waals surface area contributed by atoms with Gasteiger partial charge in [0.15, 0.2) is 0 Å². The normalized spacial score (nSPS) is 9.95. The van der Waals surface area contributed by atoms with Crippen LogP contribution >= 0.6 is 27.5 Å². The number of rotatable bonds is 4. The fraction of sp³-hybridized carbons (Fsp3) is 0.133. The maximum atomic E-state index is 9.03. The quantitative estimate of drug-likeness (QED) is 0.759. The predicted molar refractivity (Wildman–Crippen MR) is 79.6 cm³/mol. The van der Waals surface area contributed by atoms with E-state index in [9.17, 15) is 0 Å². The number of nitriles is 1. The third-order valence-corrected chi connectivity index (χ3v) is 3.60. The third kappa shape index (κ3) is 3.28. The molecule has 2 nitrogen and oxygen atoms in total. The van der Waals surface area contributed by atoms with Gasteiger partial charge in [-0.2, -0.15) is 5.26 Å². The maximum absolute atomic E-state index is 9.03. The predicted octanol–water partition coefficient (Wildman–Crippen LogP) is 4.69. The number of para-hydroxylation sites is 1. The van der Waals surface area contributed by atoms with Crippen LogP contribution in [0.3, 0.4) is 0 Å². The minimum Gasteiger partial charge on any atom is -0.487 e. The molecule has 0 atom stereocenters. The standard InChI is InChI=1S/C15H11BrClNO/c16-8-11-6-3-7-14(17)15(11)19-10-13-5-2-1-4-12(13)9-18/h1-7H,8,10H2. The second kappa shape index (κ2) is 6.60. The molecule has 0 amide bonds. The monoisotopic (exact) mass is 335 g/mol. The van der Waals surface area contributed by atoms with Crippen molar-refractivity contribution in [3.63, 3.8) is 0 Å². The molecular formula is C15H11BrClNO. The van der Waals surface area contributed by atoms with Crippen LogP contribution in [0.25, 0.3) is 0 Å². The summed E-state index contributed by atoms with van der Waals surface area (Å²) < 4.78 is 5.77. The number of benzene rings is 2. The van der Waals surface area contributed by atoms with Crippen molar-refractivity contribution in [2.45, 2.75) is 11.9 Å². The zero-order valence-electron chi connectivity index (χ0n) is 10.1. The Morgan fingerprint density at radius 1 is 1.11 bits per heavy atom. The van der Waals surface area contributed by atoms with Crippen molar-refractivity contribution >= 4 is 27.5 Å². The zero-order chi connectivity index (χ0) is 13.7. The summed E-state index contributed by atoms with van der Waals surface area (Å²) in [6.07, 6.45) is 0. The van der Waals surface area contributed by atoms with Crippen LogP contribution in [0, 0.1) is 11.3 Å². The minimum absolute atomic E-state index is 0.327. The molecule has 0 unspecified atom stereocenters. The highest BCUT2D eigenvalue weighted by Gasteiger charge is 2.09. The molecule has 2 aromatic rings. The zero-order valence-corrected chi connectivity index (χ0v) is 12.4. The Labute approximate surface area is 125 Å².